The molecule has 3 rings (SSSR count). The van der Waals surface area contributed by atoms with Gasteiger partial charge in [0.1, 0.15) is 0 Å². The van der Waals surface area contributed by atoms with Crippen molar-refractivity contribution in [2.24, 2.45) is 5.92 Å². The van der Waals surface area contributed by atoms with Crippen LogP contribution in [-0.4, -0.2) is 47.6 Å². The fraction of sp³-hybridized carbons (Fsp3) is 0.138. The molecule has 0 amide bonds. The smallest absolute Gasteiger partial charge is 0.330 e. The number of hydrogen-bond acceptors (Lipinski definition) is 6. The van der Waals surface area contributed by atoms with Crippen molar-refractivity contribution < 1.29 is 29.3 Å². The van der Waals surface area contributed by atoms with Gasteiger partial charge in [-0.2, -0.15) is 0 Å². The van der Waals surface area contributed by atoms with Crippen LogP contribution in [0.5, 0.6) is 0 Å². The molecule has 36 heavy (non-hydrogen) atoms. The fourth-order valence-corrected chi connectivity index (χ4v) is 3.50. The highest BCUT2D eigenvalue weighted by atomic mass is 35.5. The number of aliphatic hydroxyl groups excluding tert-OH is 2. The van der Waals surface area contributed by atoms with Crippen LogP contribution in [0.25, 0.3) is 11.6 Å². The van der Waals surface area contributed by atoms with Gasteiger partial charge in [0, 0.05) is 39.3 Å². The van der Waals surface area contributed by atoms with Crippen LogP contribution in [0.15, 0.2) is 85.5 Å². The Morgan fingerprint density at radius 2 is 1.44 bits per heavy atom. The number of rotatable bonds is 11. The van der Waals surface area contributed by atoms with Crippen LogP contribution in [0, 0.1) is 5.92 Å². The van der Waals surface area contributed by atoms with E-state index in [0.717, 1.165) is 0 Å². The average Bonchev–Trinajstić information content (AvgIpc) is 2.92. The quantitative estimate of drug-likeness (QED) is 0.224. The molecular formula is C29H25ClO6. The van der Waals surface area contributed by atoms with E-state index in [2.05, 4.69) is 6.58 Å². The van der Waals surface area contributed by atoms with Crippen LogP contribution in [0.2, 0.25) is 5.02 Å². The molecule has 0 radical (unpaired) electrons. The zero-order valence-corrected chi connectivity index (χ0v) is 20.1. The van der Waals surface area contributed by atoms with Crippen molar-refractivity contribution in [1.29, 1.82) is 0 Å². The van der Waals surface area contributed by atoms with Crippen molar-refractivity contribution in [1.82, 2.24) is 0 Å². The predicted molar refractivity (Wildman–Crippen MR) is 139 cm³/mol. The Morgan fingerprint density at radius 1 is 0.861 bits per heavy atom. The van der Waals surface area contributed by atoms with Gasteiger partial charge in [0.2, 0.25) is 0 Å². The number of carbonyl (C=O) groups is 3. The van der Waals surface area contributed by atoms with Gasteiger partial charge in [0.15, 0.2) is 11.6 Å². The summed E-state index contributed by atoms with van der Waals surface area (Å²) in [6.07, 6.45) is 2.62. The van der Waals surface area contributed by atoms with Crippen molar-refractivity contribution in [3.63, 3.8) is 0 Å². The van der Waals surface area contributed by atoms with E-state index in [-0.39, 0.29) is 42.0 Å². The fourth-order valence-electron chi connectivity index (χ4n) is 3.26. The number of aliphatic hydroxyl groups is 2. The van der Waals surface area contributed by atoms with E-state index >= 15 is 0 Å². The number of benzene rings is 3. The number of hydrogen-bond donors (Lipinski definition) is 2. The zero-order chi connectivity index (χ0) is 26.1. The Bertz CT molecular complexity index is 1270. The highest BCUT2D eigenvalue weighted by molar-refractivity contribution is 6.34. The number of esters is 1. The van der Waals surface area contributed by atoms with Crippen molar-refractivity contribution in [3.8, 4) is 0 Å². The minimum absolute atomic E-state index is 0.110. The van der Waals surface area contributed by atoms with Crippen molar-refractivity contribution in [3.05, 3.63) is 118 Å². The van der Waals surface area contributed by atoms with E-state index in [1.54, 1.807) is 60.7 Å². The standard InChI is InChI=1S/C29H25ClO6/c1-19(21-7-10-24(11-8-21)29(35)23-5-3-2-4-6-23)28(34)25-12-9-22(26(30)15-25)13-14-27(33)36-18-20(16-31)17-32/h2-15,20,31-32H,1,16-18H2/b14-13+. The molecule has 6 nitrogen and oxygen atoms in total. The van der Waals surface area contributed by atoms with Crippen LogP contribution in [0.4, 0.5) is 0 Å². The highest BCUT2D eigenvalue weighted by Crippen LogP contribution is 2.24. The summed E-state index contributed by atoms with van der Waals surface area (Å²) in [7, 11) is 0. The van der Waals surface area contributed by atoms with Crippen LogP contribution in [0.1, 0.15) is 37.4 Å². The molecule has 0 bridgehead atoms. The van der Waals surface area contributed by atoms with Gasteiger partial charge in [-0.25, -0.2) is 4.79 Å². The van der Waals surface area contributed by atoms with E-state index in [1.807, 2.05) is 6.07 Å². The number of carbonyl (C=O) groups excluding carboxylic acids is 3. The molecular weight excluding hydrogens is 480 g/mol. The van der Waals surface area contributed by atoms with Crippen LogP contribution in [-0.2, 0) is 9.53 Å². The molecule has 0 aliphatic rings. The summed E-state index contributed by atoms with van der Waals surface area (Å²) in [6, 6.07) is 20.3. The van der Waals surface area contributed by atoms with Gasteiger partial charge in [-0.05, 0) is 23.3 Å². The van der Waals surface area contributed by atoms with E-state index in [4.69, 9.17) is 26.6 Å². The summed E-state index contributed by atoms with van der Waals surface area (Å²) in [6.45, 7) is 3.20. The Labute approximate surface area is 214 Å². The zero-order valence-electron chi connectivity index (χ0n) is 19.4. The Kier molecular flexibility index (Phi) is 9.47. The maximum atomic E-state index is 13.0. The molecule has 3 aromatic carbocycles. The minimum atomic E-state index is -0.652. The molecule has 184 valence electrons. The average molecular weight is 505 g/mol. The second-order valence-corrected chi connectivity index (χ2v) is 8.42. The monoisotopic (exact) mass is 504 g/mol. The van der Waals surface area contributed by atoms with Crippen LogP contribution >= 0.6 is 11.6 Å². The second kappa shape index (κ2) is 12.7. The lowest BCUT2D eigenvalue weighted by molar-refractivity contribution is -0.139. The van der Waals surface area contributed by atoms with Gasteiger partial charge >= 0.3 is 5.97 Å². The second-order valence-electron chi connectivity index (χ2n) is 8.01. The first-order valence-corrected chi connectivity index (χ1v) is 11.5. The van der Waals surface area contributed by atoms with Crippen molar-refractivity contribution in [2.75, 3.05) is 19.8 Å². The predicted octanol–water partition coefficient (Wildman–Crippen LogP) is 4.62. The summed E-state index contributed by atoms with van der Waals surface area (Å²) < 4.78 is 4.96. The number of allylic oxidation sites excluding steroid dienone is 1. The molecule has 0 saturated carbocycles. The summed E-state index contributed by atoms with van der Waals surface area (Å²) in [5, 5.41) is 18.3. The van der Waals surface area contributed by atoms with E-state index in [0.29, 0.717) is 27.8 Å². The first-order chi connectivity index (χ1) is 17.3. The molecule has 0 spiro atoms. The molecule has 0 unspecified atom stereocenters. The maximum Gasteiger partial charge on any atom is 0.330 e. The third-order valence-electron chi connectivity index (χ3n) is 5.44. The van der Waals surface area contributed by atoms with Gasteiger partial charge in [0.05, 0.1) is 19.8 Å². The number of ether oxygens (including phenoxy) is 1. The van der Waals surface area contributed by atoms with Gasteiger partial charge in [-0.15, -0.1) is 0 Å². The molecule has 0 atom stereocenters. The number of Topliss-reactive ketones (excluding diaryl/α,β-unsaturated/α-hetero) is 1. The summed E-state index contributed by atoms with van der Waals surface area (Å²) in [5.74, 6) is -1.63. The van der Waals surface area contributed by atoms with Crippen molar-refractivity contribution >= 4 is 40.8 Å². The van der Waals surface area contributed by atoms with Gasteiger partial charge in [-0.3, -0.25) is 9.59 Å². The summed E-state index contributed by atoms with van der Waals surface area (Å²) in [5.41, 5.74) is 2.74. The molecule has 3 aromatic rings. The molecule has 0 heterocycles. The molecule has 7 heteroatoms. The third kappa shape index (κ3) is 6.86. The van der Waals surface area contributed by atoms with E-state index in [1.165, 1.54) is 18.2 Å². The lowest BCUT2D eigenvalue weighted by Gasteiger charge is -2.10. The lowest BCUT2D eigenvalue weighted by atomic mass is 9.95. The van der Waals surface area contributed by atoms with Gasteiger partial charge < -0.3 is 14.9 Å². The third-order valence-corrected chi connectivity index (χ3v) is 5.77. The largest absolute Gasteiger partial charge is 0.462 e. The van der Waals surface area contributed by atoms with E-state index in [9.17, 15) is 14.4 Å². The number of halogens is 1. The summed E-state index contributed by atoms with van der Waals surface area (Å²) >= 11 is 6.31. The first-order valence-electron chi connectivity index (χ1n) is 11.1. The Balaban J connectivity index is 1.66. The van der Waals surface area contributed by atoms with Crippen LogP contribution in [0.3, 0.4) is 0 Å². The molecule has 0 aliphatic heterocycles. The molecule has 2 N–H and O–H groups in total. The van der Waals surface area contributed by atoms with E-state index < -0.39 is 11.9 Å². The van der Waals surface area contributed by atoms with Gasteiger partial charge in [0.25, 0.3) is 0 Å². The first kappa shape index (κ1) is 26.8. The summed E-state index contributed by atoms with van der Waals surface area (Å²) in [4.78, 5) is 37.4. The topological polar surface area (TPSA) is 101 Å². The highest BCUT2D eigenvalue weighted by Gasteiger charge is 2.15. The van der Waals surface area contributed by atoms with Crippen LogP contribution < -0.4 is 0 Å². The normalized spacial score (nSPS) is 11.0. The number of ketones is 2. The van der Waals surface area contributed by atoms with Gasteiger partial charge in [-0.1, -0.05) is 84.9 Å². The lowest BCUT2D eigenvalue weighted by Crippen LogP contribution is -2.19. The SMILES string of the molecule is C=C(C(=O)c1ccc(/C=C/C(=O)OCC(CO)CO)c(Cl)c1)c1ccc(C(=O)c2ccccc2)cc1. The van der Waals surface area contributed by atoms with Crippen molar-refractivity contribution in [2.45, 2.75) is 0 Å². The molecule has 0 aromatic heterocycles. The minimum Gasteiger partial charge on any atom is -0.462 e. The molecule has 0 saturated heterocycles. The Hall–Kier alpha value is -3.84. The molecule has 0 fully saturated rings. The Morgan fingerprint density at radius 3 is 2.06 bits per heavy atom. The molecule has 0 aliphatic carbocycles. The maximum absolute atomic E-state index is 13.0.